The van der Waals surface area contributed by atoms with E-state index in [4.69, 9.17) is 10.9 Å². The van der Waals surface area contributed by atoms with Crippen molar-refractivity contribution in [3.05, 3.63) is 29.8 Å². The van der Waals surface area contributed by atoms with Crippen molar-refractivity contribution in [2.45, 2.75) is 39.0 Å². The second kappa shape index (κ2) is 4.81. The molecule has 1 amide bonds. The molecule has 0 spiro atoms. The van der Waals surface area contributed by atoms with Gasteiger partial charge in [-0.3, -0.25) is 4.79 Å². The van der Waals surface area contributed by atoms with Crippen molar-refractivity contribution in [2.24, 2.45) is 16.3 Å². The monoisotopic (exact) mass is 275 g/mol. The number of rotatable bonds is 3. The van der Waals surface area contributed by atoms with Crippen LogP contribution >= 0.6 is 0 Å². The summed E-state index contributed by atoms with van der Waals surface area (Å²) in [5.41, 5.74) is 6.56. The standard InChI is InChI=1S/C15H21N3O2/c1-14(2,3)10-6-4-5-7-11(10)17-13(19)15(8-9-15)12(16)18-20/h4-7,20H,8-9H2,1-3H3,(H2,16,18)(H,17,19). The lowest BCUT2D eigenvalue weighted by molar-refractivity contribution is -0.119. The molecule has 0 saturated heterocycles. The first kappa shape index (κ1) is 14.4. The number of nitrogens with zero attached hydrogens (tertiary/aromatic N) is 1. The van der Waals surface area contributed by atoms with Crippen molar-refractivity contribution in [2.75, 3.05) is 5.32 Å². The summed E-state index contributed by atoms with van der Waals surface area (Å²) in [6.45, 7) is 6.28. The lowest BCUT2D eigenvalue weighted by Crippen LogP contribution is -2.37. The van der Waals surface area contributed by atoms with Gasteiger partial charge in [0.2, 0.25) is 5.91 Å². The van der Waals surface area contributed by atoms with E-state index in [2.05, 4.69) is 31.2 Å². The third-order valence-corrected chi connectivity index (χ3v) is 3.77. The Labute approximate surface area is 118 Å². The molecule has 1 saturated carbocycles. The molecule has 20 heavy (non-hydrogen) atoms. The van der Waals surface area contributed by atoms with E-state index >= 15 is 0 Å². The Hall–Kier alpha value is -2.04. The fraction of sp³-hybridized carbons (Fsp3) is 0.467. The summed E-state index contributed by atoms with van der Waals surface area (Å²) in [4.78, 5) is 12.4. The molecule has 1 fully saturated rings. The molecule has 0 heterocycles. The van der Waals surface area contributed by atoms with Crippen LogP contribution in [0.15, 0.2) is 29.4 Å². The van der Waals surface area contributed by atoms with Crippen molar-refractivity contribution in [3.63, 3.8) is 0 Å². The highest BCUT2D eigenvalue weighted by Gasteiger charge is 2.54. The summed E-state index contributed by atoms with van der Waals surface area (Å²) < 4.78 is 0. The number of carbonyl (C=O) groups excluding carboxylic acids is 1. The number of amides is 1. The van der Waals surface area contributed by atoms with E-state index in [0.717, 1.165) is 11.3 Å². The Bertz CT molecular complexity index is 554. The van der Waals surface area contributed by atoms with Crippen LogP contribution < -0.4 is 11.1 Å². The fourth-order valence-electron chi connectivity index (χ4n) is 2.31. The van der Waals surface area contributed by atoms with Crippen molar-refractivity contribution in [1.82, 2.24) is 0 Å². The molecule has 5 heteroatoms. The third kappa shape index (κ3) is 2.48. The molecule has 0 radical (unpaired) electrons. The van der Waals surface area contributed by atoms with Crippen LogP contribution in [-0.2, 0) is 10.2 Å². The SMILES string of the molecule is CC(C)(C)c1ccccc1NC(=O)C1(/C(N)=N/O)CC1. The summed E-state index contributed by atoms with van der Waals surface area (Å²) in [6.07, 6.45) is 1.23. The lowest BCUT2D eigenvalue weighted by Gasteiger charge is -2.24. The van der Waals surface area contributed by atoms with Crippen molar-refractivity contribution in [3.8, 4) is 0 Å². The molecule has 4 N–H and O–H groups in total. The fourth-order valence-corrected chi connectivity index (χ4v) is 2.31. The number of anilines is 1. The van der Waals surface area contributed by atoms with Gasteiger partial charge >= 0.3 is 0 Å². The maximum atomic E-state index is 12.4. The van der Waals surface area contributed by atoms with Gasteiger partial charge in [-0.1, -0.05) is 44.1 Å². The van der Waals surface area contributed by atoms with Crippen LogP contribution in [0.5, 0.6) is 0 Å². The zero-order chi connectivity index (χ0) is 15.0. The Morgan fingerprint density at radius 1 is 1.35 bits per heavy atom. The first-order valence-corrected chi connectivity index (χ1v) is 6.70. The Morgan fingerprint density at radius 3 is 2.45 bits per heavy atom. The second-order valence-corrected chi connectivity index (χ2v) is 6.32. The van der Waals surface area contributed by atoms with E-state index in [1.165, 1.54) is 0 Å². The van der Waals surface area contributed by atoms with E-state index in [9.17, 15) is 4.79 Å². The second-order valence-electron chi connectivity index (χ2n) is 6.32. The number of nitrogens with two attached hydrogens (primary N) is 1. The average molecular weight is 275 g/mol. The highest BCUT2D eigenvalue weighted by atomic mass is 16.4. The van der Waals surface area contributed by atoms with Crippen LogP contribution in [0.3, 0.4) is 0 Å². The van der Waals surface area contributed by atoms with Crippen molar-refractivity contribution < 1.29 is 10.0 Å². The number of benzene rings is 1. The lowest BCUT2D eigenvalue weighted by atomic mass is 9.85. The Kier molecular flexibility index (Phi) is 3.46. The van der Waals surface area contributed by atoms with Crippen LogP contribution in [-0.4, -0.2) is 17.0 Å². The zero-order valence-corrected chi connectivity index (χ0v) is 12.1. The number of amidine groups is 1. The number of nitrogens with one attached hydrogen (secondary N) is 1. The van der Waals surface area contributed by atoms with E-state index in [0.29, 0.717) is 12.8 Å². The smallest absolute Gasteiger partial charge is 0.238 e. The molecule has 0 unspecified atom stereocenters. The summed E-state index contributed by atoms with van der Waals surface area (Å²) in [5.74, 6) is -0.215. The van der Waals surface area contributed by atoms with Gasteiger partial charge in [0.1, 0.15) is 5.41 Å². The van der Waals surface area contributed by atoms with Gasteiger partial charge in [0.25, 0.3) is 0 Å². The minimum atomic E-state index is -0.834. The maximum absolute atomic E-state index is 12.4. The van der Waals surface area contributed by atoms with Gasteiger partial charge < -0.3 is 16.3 Å². The number of hydrogen-bond donors (Lipinski definition) is 3. The average Bonchev–Trinajstić information content (AvgIpc) is 3.18. The molecule has 5 nitrogen and oxygen atoms in total. The van der Waals surface area contributed by atoms with Crippen molar-refractivity contribution in [1.29, 1.82) is 0 Å². The largest absolute Gasteiger partial charge is 0.409 e. The van der Waals surface area contributed by atoms with Crippen LogP contribution in [0.1, 0.15) is 39.2 Å². The number of para-hydroxylation sites is 1. The van der Waals surface area contributed by atoms with Gasteiger partial charge in [-0.05, 0) is 29.9 Å². The van der Waals surface area contributed by atoms with Gasteiger partial charge in [0.05, 0.1) is 0 Å². The predicted molar refractivity (Wildman–Crippen MR) is 78.8 cm³/mol. The van der Waals surface area contributed by atoms with Crippen LogP contribution in [0, 0.1) is 5.41 Å². The van der Waals surface area contributed by atoms with Gasteiger partial charge in [0.15, 0.2) is 5.84 Å². The first-order valence-electron chi connectivity index (χ1n) is 6.70. The summed E-state index contributed by atoms with van der Waals surface area (Å²) in [6, 6.07) is 7.71. The summed E-state index contributed by atoms with van der Waals surface area (Å²) in [7, 11) is 0. The normalized spacial score (nSPS) is 17.6. The molecule has 1 aromatic rings. The number of hydrogen-bond acceptors (Lipinski definition) is 3. The Morgan fingerprint density at radius 2 is 1.95 bits per heavy atom. The van der Waals surface area contributed by atoms with Gasteiger partial charge in [-0.15, -0.1) is 0 Å². The number of oxime groups is 1. The predicted octanol–water partition coefficient (Wildman–Crippen LogP) is 2.45. The molecule has 2 rings (SSSR count). The summed E-state index contributed by atoms with van der Waals surface area (Å²) >= 11 is 0. The molecule has 1 aliphatic carbocycles. The van der Waals surface area contributed by atoms with Gasteiger partial charge in [-0.25, -0.2) is 0 Å². The van der Waals surface area contributed by atoms with Gasteiger partial charge in [-0.2, -0.15) is 0 Å². The Balaban J connectivity index is 2.26. The first-order chi connectivity index (χ1) is 9.31. The molecular weight excluding hydrogens is 254 g/mol. The maximum Gasteiger partial charge on any atom is 0.238 e. The third-order valence-electron chi connectivity index (χ3n) is 3.77. The highest BCUT2D eigenvalue weighted by molar-refractivity contribution is 6.14. The summed E-state index contributed by atoms with van der Waals surface area (Å²) in [5, 5.41) is 14.7. The molecule has 108 valence electrons. The molecule has 0 aliphatic heterocycles. The zero-order valence-electron chi connectivity index (χ0n) is 12.1. The highest BCUT2D eigenvalue weighted by Crippen LogP contribution is 2.47. The molecule has 0 atom stereocenters. The van der Waals surface area contributed by atoms with Gasteiger partial charge in [0, 0.05) is 5.69 Å². The van der Waals surface area contributed by atoms with Crippen LogP contribution in [0.4, 0.5) is 5.69 Å². The topological polar surface area (TPSA) is 87.7 Å². The molecular formula is C15H21N3O2. The minimum Gasteiger partial charge on any atom is -0.409 e. The molecule has 0 aromatic heterocycles. The number of carbonyl (C=O) groups is 1. The molecule has 1 aromatic carbocycles. The minimum absolute atomic E-state index is 0.0109. The van der Waals surface area contributed by atoms with Crippen LogP contribution in [0.25, 0.3) is 0 Å². The molecule has 1 aliphatic rings. The van der Waals surface area contributed by atoms with E-state index in [1.54, 1.807) is 0 Å². The molecule has 0 bridgehead atoms. The van der Waals surface area contributed by atoms with E-state index < -0.39 is 5.41 Å². The quantitative estimate of drug-likeness (QED) is 0.343. The van der Waals surface area contributed by atoms with Crippen molar-refractivity contribution >= 4 is 17.4 Å². The van der Waals surface area contributed by atoms with E-state index in [-0.39, 0.29) is 17.2 Å². The van der Waals surface area contributed by atoms with Crippen LogP contribution in [0.2, 0.25) is 0 Å². The van der Waals surface area contributed by atoms with E-state index in [1.807, 2.05) is 24.3 Å².